The fourth-order valence-corrected chi connectivity index (χ4v) is 3.41. The van der Waals surface area contributed by atoms with Crippen LogP contribution in [0.2, 0.25) is 0 Å². The summed E-state index contributed by atoms with van der Waals surface area (Å²) in [6.45, 7) is 1.53. The van der Waals surface area contributed by atoms with Gasteiger partial charge >= 0.3 is 0 Å². The van der Waals surface area contributed by atoms with Crippen LogP contribution in [0, 0.1) is 0 Å². The van der Waals surface area contributed by atoms with E-state index >= 15 is 0 Å². The lowest BCUT2D eigenvalue weighted by Gasteiger charge is -2.09. The summed E-state index contributed by atoms with van der Waals surface area (Å²) >= 11 is 0. The van der Waals surface area contributed by atoms with Crippen LogP contribution in [-0.4, -0.2) is 4.57 Å². The van der Waals surface area contributed by atoms with Crippen LogP contribution < -0.4 is 5.73 Å². The lowest BCUT2D eigenvalue weighted by atomic mass is 10.1. The van der Waals surface area contributed by atoms with Crippen molar-refractivity contribution in [1.82, 2.24) is 4.57 Å². The second-order valence-electron chi connectivity index (χ2n) is 6.00. The van der Waals surface area contributed by atoms with Crippen LogP contribution in [0.25, 0.3) is 10.9 Å². The van der Waals surface area contributed by atoms with Gasteiger partial charge in [-0.25, -0.2) is 0 Å². The van der Waals surface area contributed by atoms with Crippen LogP contribution in [0.1, 0.15) is 28.7 Å². The number of aryl methyl sites for hydroxylation is 2. The molecule has 0 aliphatic heterocycles. The van der Waals surface area contributed by atoms with Gasteiger partial charge in [0, 0.05) is 24.8 Å². The molecule has 0 saturated heterocycles. The van der Waals surface area contributed by atoms with E-state index in [1.54, 1.807) is 11.1 Å². The number of hydrogen-bond acceptors (Lipinski definition) is 1. The molecule has 1 aromatic heterocycles. The zero-order valence-electron chi connectivity index (χ0n) is 12.2. The summed E-state index contributed by atoms with van der Waals surface area (Å²) in [5.41, 5.74) is 12.7. The summed E-state index contributed by atoms with van der Waals surface area (Å²) in [6, 6.07) is 15.7. The van der Waals surface area contributed by atoms with E-state index in [4.69, 9.17) is 5.73 Å². The zero-order valence-corrected chi connectivity index (χ0v) is 12.2. The predicted molar refractivity (Wildman–Crippen MR) is 87.4 cm³/mol. The van der Waals surface area contributed by atoms with Crippen LogP contribution in [0.3, 0.4) is 0 Å². The highest BCUT2D eigenvalue weighted by molar-refractivity contribution is 5.81. The maximum atomic E-state index is 5.76. The fourth-order valence-electron chi connectivity index (χ4n) is 3.41. The molecule has 2 heteroatoms. The fraction of sp³-hybridized carbons (Fsp3) is 0.263. The van der Waals surface area contributed by atoms with E-state index in [9.17, 15) is 0 Å². The van der Waals surface area contributed by atoms with Crippen LogP contribution >= 0.6 is 0 Å². The Morgan fingerprint density at radius 2 is 1.76 bits per heavy atom. The van der Waals surface area contributed by atoms with Gasteiger partial charge in [0.2, 0.25) is 0 Å². The first-order valence-electron chi connectivity index (χ1n) is 7.72. The molecule has 0 saturated carbocycles. The van der Waals surface area contributed by atoms with Crippen molar-refractivity contribution in [3.05, 3.63) is 70.9 Å². The van der Waals surface area contributed by atoms with E-state index in [0.717, 1.165) is 6.54 Å². The molecule has 4 rings (SSSR count). The number of nitrogens with zero attached hydrogens (tertiary/aromatic N) is 1. The van der Waals surface area contributed by atoms with Crippen molar-refractivity contribution in [1.29, 1.82) is 0 Å². The molecule has 0 bridgehead atoms. The van der Waals surface area contributed by atoms with Gasteiger partial charge in [0.25, 0.3) is 0 Å². The van der Waals surface area contributed by atoms with Crippen molar-refractivity contribution in [3.63, 3.8) is 0 Å². The van der Waals surface area contributed by atoms with Crippen molar-refractivity contribution in [2.75, 3.05) is 0 Å². The summed E-state index contributed by atoms with van der Waals surface area (Å²) in [4.78, 5) is 0. The van der Waals surface area contributed by atoms with Gasteiger partial charge in [-0.05, 0) is 59.0 Å². The third-order valence-corrected chi connectivity index (χ3v) is 4.59. The van der Waals surface area contributed by atoms with E-state index in [2.05, 4.69) is 53.2 Å². The molecule has 0 amide bonds. The van der Waals surface area contributed by atoms with Crippen LogP contribution in [0.4, 0.5) is 0 Å². The molecule has 2 nitrogen and oxygen atoms in total. The van der Waals surface area contributed by atoms with Crippen LogP contribution in [0.15, 0.2) is 48.7 Å². The molecular weight excluding hydrogens is 256 g/mol. The molecule has 0 atom stereocenters. The maximum Gasteiger partial charge on any atom is 0.0486 e. The SMILES string of the molecule is NCc1ccc2ccn(Cc3ccc4c(c3)CCC4)c2c1. The van der Waals surface area contributed by atoms with Gasteiger partial charge in [-0.2, -0.15) is 0 Å². The first kappa shape index (κ1) is 12.7. The monoisotopic (exact) mass is 276 g/mol. The molecule has 1 heterocycles. The van der Waals surface area contributed by atoms with E-state index in [1.807, 2.05) is 0 Å². The van der Waals surface area contributed by atoms with Crippen molar-refractivity contribution in [3.8, 4) is 0 Å². The second-order valence-corrected chi connectivity index (χ2v) is 6.00. The summed E-state index contributed by atoms with van der Waals surface area (Å²) in [5.74, 6) is 0. The number of fused-ring (bicyclic) bond motifs is 2. The minimum absolute atomic E-state index is 0.597. The standard InChI is InChI=1S/C19H20N2/c20-12-14-4-7-17-8-9-21(19(17)11-14)13-15-5-6-16-2-1-3-18(16)10-15/h4-11H,1-3,12-13,20H2. The zero-order chi connectivity index (χ0) is 14.2. The highest BCUT2D eigenvalue weighted by Crippen LogP contribution is 2.24. The summed E-state index contributed by atoms with van der Waals surface area (Å²) in [5, 5.41) is 1.29. The van der Waals surface area contributed by atoms with Gasteiger partial charge in [-0.3, -0.25) is 0 Å². The molecule has 1 aliphatic rings. The summed E-state index contributed by atoms with van der Waals surface area (Å²) in [7, 11) is 0. The molecule has 106 valence electrons. The van der Waals surface area contributed by atoms with Gasteiger partial charge in [-0.15, -0.1) is 0 Å². The van der Waals surface area contributed by atoms with Crippen molar-refractivity contribution in [2.24, 2.45) is 5.73 Å². The van der Waals surface area contributed by atoms with Crippen molar-refractivity contribution in [2.45, 2.75) is 32.4 Å². The minimum Gasteiger partial charge on any atom is -0.343 e. The quantitative estimate of drug-likeness (QED) is 0.778. The molecule has 2 aromatic carbocycles. The number of nitrogens with two attached hydrogens (primary N) is 1. The summed E-state index contributed by atoms with van der Waals surface area (Å²) in [6.07, 6.45) is 5.98. The topological polar surface area (TPSA) is 30.9 Å². The summed E-state index contributed by atoms with van der Waals surface area (Å²) < 4.78 is 2.32. The van der Waals surface area contributed by atoms with Gasteiger partial charge in [-0.1, -0.05) is 30.3 Å². The number of aromatic nitrogens is 1. The first-order valence-corrected chi connectivity index (χ1v) is 7.72. The number of rotatable bonds is 3. The molecule has 0 fully saturated rings. The second kappa shape index (κ2) is 5.05. The lowest BCUT2D eigenvalue weighted by Crippen LogP contribution is -2.00. The third-order valence-electron chi connectivity index (χ3n) is 4.59. The molecule has 0 radical (unpaired) electrons. The highest BCUT2D eigenvalue weighted by atomic mass is 14.9. The molecule has 21 heavy (non-hydrogen) atoms. The van der Waals surface area contributed by atoms with Crippen LogP contribution in [-0.2, 0) is 25.9 Å². The Bertz CT molecular complexity index is 798. The molecule has 2 N–H and O–H groups in total. The largest absolute Gasteiger partial charge is 0.343 e. The minimum atomic E-state index is 0.597. The van der Waals surface area contributed by atoms with E-state index in [-0.39, 0.29) is 0 Å². The first-order chi connectivity index (χ1) is 10.3. The highest BCUT2D eigenvalue weighted by Gasteiger charge is 2.11. The average molecular weight is 276 g/mol. The van der Waals surface area contributed by atoms with Crippen molar-refractivity contribution < 1.29 is 0 Å². The Kier molecular flexibility index (Phi) is 3.04. The third kappa shape index (κ3) is 2.26. The van der Waals surface area contributed by atoms with E-state index in [0.29, 0.717) is 6.54 Å². The Labute approximate surface area is 125 Å². The van der Waals surface area contributed by atoms with Gasteiger partial charge in [0.05, 0.1) is 0 Å². The Morgan fingerprint density at radius 3 is 2.67 bits per heavy atom. The molecular formula is C19H20N2. The number of benzene rings is 2. The molecule has 3 aromatic rings. The Morgan fingerprint density at radius 1 is 0.905 bits per heavy atom. The molecule has 0 spiro atoms. The molecule has 1 aliphatic carbocycles. The van der Waals surface area contributed by atoms with E-state index in [1.165, 1.54) is 41.3 Å². The van der Waals surface area contributed by atoms with Gasteiger partial charge in [0.1, 0.15) is 0 Å². The lowest BCUT2D eigenvalue weighted by molar-refractivity contribution is 0.833. The van der Waals surface area contributed by atoms with E-state index < -0.39 is 0 Å². The smallest absolute Gasteiger partial charge is 0.0486 e. The average Bonchev–Trinajstić information content (AvgIpc) is 3.13. The van der Waals surface area contributed by atoms with Gasteiger partial charge in [0.15, 0.2) is 0 Å². The predicted octanol–water partition coefficient (Wildman–Crippen LogP) is 3.64. The molecule has 0 unspecified atom stereocenters. The Balaban J connectivity index is 1.70. The van der Waals surface area contributed by atoms with Gasteiger partial charge < -0.3 is 10.3 Å². The maximum absolute atomic E-state index is 5.76. The normalized spacial score (nSPS) is 13.8. The number of hydrogen-bond donors (Lipinski definition) is 1. The van der Waals surface area contributed by atoms with Crippen LogP contribution in [0.5, 0.6) is 0 Å². The Hall–Kier alpha value is -2.06. The van der Waals surface area contributed by atoms with Crippen molar-refractivity contribution >= 4 is 10.9 Å².